The Hall–Kier alpha value is -3.13. The van der Waals surface area contributed by atoms with Gasteiger partial charge in [0, 0.05) is 11.6 Å². The molecular weight excluding hydrogens is 306 g/mol. The largest absolute Gasteiger partial charge is 0.496 e. The Labute approximate surface area is 141 Å². The van der Waals surface area contributed by atoms with Crippen molar-refractivity contribution >= 4 is 5.57 Å². The molecule has 5 heteroatoms. The molecule has 0 radical (unpaired) electrons. The van der Waals surface area contributed by atoms with E-state index in [1.807, 2.05) is 30.3 Å². The normalized spacial score (nSPS) is 10.7. The van der Waals surface area contributed by atoms with Gasteiger partial charge < -0.3 is 18.9 Å². The van der Waals surface area contributed by atoms with E-state index in [9.17, 15) is 5.26 Å². The summed E-state index contributed by atoms with van der Waals surface area (Å²) in [6.45, 7) is 0. The number of nitriles is 1. The van der Waals surface area contributed by atoms with E-state index >= 15 is 0 Å². The first-order chi connectivity index (χ1) is 11.7. The van der Waals surface area contributed by atoms with Gasteiger partial charge in [0.25, 0.3) is 0 Å². The van der Waals surface area contributed by atoms with Crippen molar-refractivity contribution in [1.82, 2.24) is 0 Å². The van der Waals surface area contributed by atoms with Crippen molar-refractivity contribution in [3.63, 3.8) is 0 Å². The molecule has 124 valence electrons. The van der Waals surface area contributed by atoms with Crippen molar-refractivity contribution in [2.45, 2.75) is 0 Å². The molecule has 2 aromatic rings. The number of rotatable bonds is 6. The van der Waals surface area contributed by atoms with Crippen LogP contribution in [0, 0.1) is 11.3 Å². The average molecular weight is 325 g/mol. The molecule has 0 spiro atoms. The molecule has 0 heterocycles. The summed E-state index contributed by atoms with van der Waals surface area (Å²) >= 11 is 0. The summed E-state index contributed by atoms with van der Waals surface area (Å²) in [5.74, 6) is 2.42. The van der Waals surface area contributed by atoms with Gasteiger partial charge in [-0.05, 0) is 29.8 Å². The summed E-state index contributed by atoms with van der Waals surface area (Å²) in [4.78, 5) is 0. The van der Waals surface area contributed by atoms with Crippen molar-refractivity contribution in [2.24, 2.45) is 0 Å². The Morgan fingerprint density at radius 1 is 0.833 bits per heavy atom. The van der Waals surface area contributed by atoms with Crippen LogP contribution in [0.1, 0.15) is 11.1 Å². The van der Waals surface area contributed by atoms with Gasteiger partial charge in [-0.3, -0.25) is 0 Å². The maximum absolute atomic E-state index is 9.25. The molecule has 0 N–H and O–H groups in total. The van der Waals surface area contributed by atoms with Crippen LogP contribution >= 0.6 is 0 Å². The summed E-state index contributed by atoms with van der Waals surface area (Å²) in [6, 6.07) is 13.0. The highest BCUT2D eigenvalue weighted by atomic mass is 16.5. The summed E-state index contributed by atoms with van der Waals surface area (Å²) in [7, 11) is 6.31. The molecule has 0 saturated carbocycles. The maximum atomic E-state index is 9.25. The molecule has 0 atom stereocenters. The quantitative estimate of drug-likeness (QED) is 0.758. The standard InChI is InChI=1S/C19H19NO4/c1-21-15-9-8-13(12-18(15)24-4)14(10-11-20)19-16(22-2)6-5-7-17(19)23-3/h5-10,12H,1-4H3/b14-10-. The molecular formula is C19H19NO4. The molecule has 24 heavy (non-hydrogen) atoms. The predicted molar refractivity (Wildman–Crippen MR) is 91.8 cm³/mol. The van der Waals surface area contributed by atoms with E-state index in [-0.39, 0.29) is 0 Å². The monoisotopic (exact) mass is 325 g/mol. The molecule has 0 amide bonds. The number of hydrogen-bond acceptors (Lipinski definition) is 5. The van der Waals surface area contributed by atoms with Crippen molar-refractivity contribution in [2.75, 3.05) is 28.4 Å². The Balaban J connectivity index is 2.69. The highest BCUT2D eigenvalue weighted by molar-refractivity contribution is 5.87. The van der Waals surface area contributed by atoms with Crippen LogP contribution in [0.3, 0.4) is 0 Å². The highest BCUT2D eigenvalue weighted by Crippen LogP contribution is 2.40. The summed E-state index contributed by atoms with van der Waals surface area (Å²) in [5, 5.41) is 9.25. The predicted octanol–water partition coefficient (Wildman–Crippen LogP) is 3.68. The molecule has 0 saturated heterocycles. The van der Waals surface area contributed by atoms with E-state index in [1.54, 1.807) is 34.5 Å². The second kappa shape index (κ2) is 7.93. The highest BCUT2D eigenvalue weighted by Gasteiger charge is 2.18. The number of ether oxygens (including phenoxy) is 4. The third-order valence-corrected chi connectivity index (χ3v) is 3.60. The SMILES string of the molecule is COc1ccc(/C(=C/C#N)c2c(OC)cccc2OC)cc1OC. The first-order valence-corrected chi connectivity index (χ1v) is 7.23. The Kier molecular flexibility index (Phi) is 5.69. The fourth-order valence-electron chi connectivity index (χ4n) is 2.48. The summed E-state index contributed by atoms with van der Waals surface area (Å²) < 4.78 is 21.5. The van der Waals surface area contributed by atoms with Gasteiger partial charge in [0.05, 0.1) is 40.1 Å². The second-order valence-electron chi connectivity index (χ2n) is 4.79. The number of hydrogen-bond donors (Lipinski definition) is 0. The Morgan fingerprint density at radius 3 is 1.92 bits per heavy atom. The van der Waals surface area contributed by atoms with Gasteiger partial charge >= 0.3 is 0 Å². The van der Waals surface area contributed by atoms with Gasteiger partial charge in [-0.15, -0.1) is 0 Å². The smallest absolute Gasteiger partial charge is 0.161 e. The molecule has 0 aromatic heterocycles. The van der Waals surface area contributed by atoms with Crippen LogP contribution in [0.4, 0.5) is 0 Å². The van der Waals surface area contributed by atoms with Crippen LogP contribution in [-0.2, 0) is 0 Å². The van der Waals surface area contributed by atoms with E-state index in [2.05, 4.69) is 6.07 Å². The fourth-order valence-corrected chi connectivity index (χ4v) is 2.48. The molecule has 0 aliphatic heterocycles. The molecule has 0 unspecified atom stereocenters. The average Bonchev–Trinajstić information content (AvgIpc) is 2.64. The van der Waals surface area contributed by atoms with Crippen molar-refractivity contribution < 1.29 is 18.9 Å². The third-order valence-electron chi connectivity index (χ3n) is 3.60. The van der Waals surface area contributed by atoms with Crippen LogP contribution in [0.25, 0.3) is 5.57 Å². The minimum absolute atomic E-state index is 0.577. The van der Waals surface area contributed by atoms with Gasteiger partial charge in [0.1, 0.15) is 11.5 Å². The zero-order valence-electron chi connectivity index (χ0n) is 14.1. The lowest BCUT2D eigenvalue weighted by molar-refractivity contribution is 0.355. The van der Waals surface area contributed by atoms with Gasteiger partial charge in [-0.1, -0.05) is 12.1 Å². The lowest BCUT2D eigenvalue weighted by Crippen LogP contribution is -1.99. The first-order valence-electron chi connectivity index (χ1n) is 7.23. The van der Waals surface area contributed by atoms with E-state index in [4.69, 9.17) is 18.9 Å². The van der Waals surface area contributed by atoms with E-state index in [1.165, 1.54) is 6.08 Å². The molecule has 0 bridgehead atoms. The van der Waals surface area contributed by atoms with Gasteiger partial charge in [-0.25, -0.2) is 0 Å². The summed E-state index contributed by atoms with van der Waals surface area (Å²) in [5.41, 5.74) is 2.17. The maximum Gasteiger partial charge on any atom is 0.161 e. The van der Waals surface area contributed by atoms with Crippen LogP contribution in [-0.4, -0.2) is 28.4 Å². The van der Waals surface area contributed by atoms with Crippen molar-refractivity contribution in [3.8, 4) is 29.1 Å². The third kappa shape index (κ3) is 3.28. The minimum Gasteiger partial charge on any atom is -0.496 e. The minimum atomic E-state index is 0.577. The first kappa shape index (κ1) is 17.2. The number of methoxy groups -OCH3 is 4. The van der Waals surface area contributed by atoms with Crippen LogP contribution < -0.4 is 18.9 Å². The number of benzene rings is 2. The molecule has 0 aliphatic rings. The van der Waals surface area contributed by atoms with Crippen molar-refractivity contribution in [3.05, 3.63) is 53.6 Å². The lowest BCUT2D eigenvalue weighted by atomic mass is 9.95. The van der Waals surface area contributed by atoms with Gasteiger partial charge in [0.15, 0.2) is 11.5 Å². The number of nitrogens with zero attached hydrogens (tertiary/aromatic N) is 1. The molecule has 0 aliphatic carbocycles. The number of allylic oxidation sites excluding steroid dienone is 1. The topological polar surface area (TPSA) is 60.7 Å². The Bertz CT molecular complexity index is 768. The zero-order valence-corrected chi connectivity index (χ0v) is 14.1. The fraction of sp³-hybridized carbons (Fsp3) is 0.211. The van der Waals surface area contributed by atoms with Gasteiger partial charge in [0.2, 0.25) is 0 Å². The molecule has 5 nitrogen and oxygen atoms in total. The Morgan fingerprint density at radius 2 is 1.42 bits per heavy atom. The van der Waals surface area contributed by atoms with E-state index in [0.717, 1.165) is 5.56 Å². The van der Waals surface area contributed by atoms with Crippen LogP contribution in [0.5, 0.6) is 23.0 Å². The zero-order chi connectivity index (χ0) is 17.5. The van der Waals surface area contributed by atoms with Crippen LogP contribution in [0.2, 0.25) is 0 Å². The lowest BCUT2D eigenvalue weighted by Gasteiger charge is -2.17. The molecule has 2 aromatic carbocycles. The van der Waals surface area contributed by atoms with E-state index in [0.29, 0.717) is 34.1 Å². The molecule has 0 fully saturated rings. The van der Waals surface area contributed by atoms with Gasteiger partial charge in [-0.2, -0.15) is 5.26 Å². The summed E-state index contributed by atoms with van der Waals surface area (Å²) in [6.07, 6.45) is 1.46. The van der Waals surface area contributed by atoms with Crippen LogP contribution in [0.15, 0.2) is 42.5 Å². The molecule has 2 rings (SSSR count). The van der Waals surface area contributed by atoms with Crippen molar-refractivity contribution in [1.29, 1.82) is 5.26 Å². The second-order valence-corrected chi connectivity index (χ2v) is 4.79. The van der Waals surface area contributed by atoms with E-state index < -0.39 is 0 Å².